The van der Waals surface area contributed by atoms with Crippen LogP contribution in [-0.4, -0.2) is 45.4 Å². The number of carbonyl (C=O) groups excluding carboxylic acids is 1. The summed E-state index contributed by atoms with van der Waals surface area (Å²) in [5.74, 6) is -0.505. The van der Waals surface area contributed by atoms with Crippen LogP contribution in [0.1, 0.15) is 27.7 Å². The van der Waals surface area contributed by atoms with Gasteiger partial charge in [-0.2, -0.15) is 0 Å². The largest absolute Gasteiger partial charge is 0.328 e. The van der Waals surface area contributed by atoms with E-state index in [2.05, 4.69) is 15.6 Å². The second-order valence-corrected chi connectivity index (χ2v) is 7.08. The Hall–Kier alpha value is -2.48. The molecule has 1 N–H and O–H groups in total. The molecule has 3 aromatic rings. The molecule has 1 amide bonds. The number of hydrogen-bond donors (Lipinski definition) is 1. The molecule has 9 heteroatoms. The lowest BCUT2D eigenvalue weighted by Crippen LogP contribution is -2.48. The fraction of sp³-hybridized carbons (Fsp3) is 0.250. The molecule has 1 saturated heterocycles. The summed E-state index contributed by atoms with van der Waals surface area (Å²) in [5, 5.41) is 12.0. The molecule has 0 spiro atoms. The zero-order valence-corrected chi connectivity index (χ0v) is 17.0. The smallest absolute Gasteiger partial charge is 0.276 e. The first-order chi connectivity index (χ1) is 13.6. The first kappa shape index (κ1) is 21.2. The maximum Gasteiger partial charge on any atom is 0.276 e. The van der Waals surface area contributed by atoms with Crippen LogP contribution >= 0.6 is 24.0 Å². The van der Waals surface area contributed by atoms with Crippen molar-refractivity contribution in [3.05, 3.63) is 82.4 Å². The summed E-state index contributed by atoms with van der Waals surface area (Å²) in [6, 6.07) is 13.6. The van der Waals surface area contributed by atoms with Crippen molar-refractivity contribution in [1.82, 2.24) is 25.2 Å². The van der Waals surface area contributed by atoms with Gasteiger partial charge < -0.3 is 10.2 Å². The van der Waals surface area contributed by atoms with Gasteiger partial charge in [-0.3, -0.25) is 4.79 Å². The molecule has 1 unspecified atom stereocenters. The maximum absolute atomic E-state index is 13.4. The van der Waals surface area contributed by atoms with E-state index in [4.69, 9.17) is 11.6 Å². The van der Waals surface area contributed by atoms with Gasteiger partial charge in [0.2, 0.25) is 0 Å². The lowest BCUT2D eigenvalue weighted by Gasteiger charge is -2.36. The number of carbonyl (C=O) groups is 1. The minimum absolute atomic E-state index is 0. The van der Waals surface area contributed by atoms with Crippen molar-refractivity contribution in [3.63, 3.8) is 0 Å². The second-order valence-electron chi connectivity index (χ2n) is 6.67. The van der Waals surface area contributed by atoms with Crippen LogP contribution in [0.5, 0.6) is 0 Å². The number of hydrogen-bond acceptors (Lipinski definition) is 4. The highest BCUT2D eigenvalue weighted by Crippen LogP contribution is 2.29. The fourth-order valence-electron chi connectivity index (χ4n) is 3.41. The second kappa shape index (κ2) is 9.35. The number of nitrogens with one attached hydrogen (secondary N) is 1. The van der Waals surface area contributed by atoms with Gasteiger partial charge in [0.15, 0.2) is 5.69 Å². The normalized spacial score (nSPS) is 16.3. The molecule has 1 atom stereocenters. The number of halogens is 3. The molecule has 1 aliphatic heterocycles. The third-order valence-corrected chi connectivity index (χ3v) is 5.10. The van der Waals surface area contributed by atoms with Gasteiger partial charge >= 0.3 is 0 Å². The first-order valence-electron chi connectivity index (χ1n) is 9.02. The third kappa shape index (κ3) is 4.75. The molecular formula is C20H20Cl2FN5O. The average Bonchev–Trinajstić information content (AvgIpc) is 3.16. The summed E-state index contributed by atoms with van der Waals surface area (Å²) < 4.78 is 14.9. The average molecular weight is 436 g/mol. The highest BCUT2D eigenvalue weighted by atomic mass is 35.5. The van der Waals surface area contributed by atoms with Crippen molar-refractivity contribution in [3.8, 4) is 0 Å². The maximum atomic E-state index is 13.4. The van der Waals surface area contributed by atoms with Crippen molar-refractivity contribution in [2.45, 2.75) is 12.6 Å². The predicted octanol–water partition coefficient (Wildman–Crippen LogP) is 3.33. The summed E-state index contributed by atoms with van der Waals surface area (Å²) in [7, 11) is 0. The number of amides is 1. The Morgan fingerprint density at radius 2 is 2.07 bits per heavy atom. The Morgan fingerprint density at radius 3 is 2.86 bits per heavy atom. The summed E-state index contributed by atoms with van der Waals surface area (Å²) in [4.78, 5) is 14.9. The minimum Gasteiger partial charge on any atom is -0.328 e. The Bertz CT molecular complexity index is 996. The molecule has 152 valence electrons. The topological polar surface area (TPSA) is 63.1 Å². The number of nitrogens with zero attached hydrogens (tertiary/aromatic N) is 4. The Balaban J connectivity index is 0.00000240. The number of aromatic nitrogens is 3. The van der Waals surface area contributed by atoms with Gasteiger partial charge in [0.05, 0.1) is 18.8 Å². The quantitative estimate of drug-likeness (QED) is 0.682. The molecule has 0 bridgehead atoms. The van der Waals surface area contributed by atoms with E-state index in [0.29, 0.717) is 31.2 Å². The molecule has 29 heavy (non-hydrogen) atoms. The van der Waals surface area contributed by atoms with Crippen LogP contribution in [-0.2, 0) is 6.54 Å². The van der Waals surface area contributed by atoms with Gasteiger partial charge in [0.1, 0.15) is 5.82 Å². The number of benzene rings is 2. The minimum atomic E-state index is -0.308. The molecule has 1 fully saturated rings. The first-order valence-corrected chi connectivity index (χ1v) is 9.40. The van der Waals surface area contributed by atoms with Gasteiger partial charge in [-0.25, -0.2) is 9.07 Å². The molecule has 4 rings (SSSR count). The Labute approximate surface area is 179 Å². The standard InChI is InChI=1S/C20H19ClFN5O.ClH/c21-17-7-2-1-6-16(17)19-11-23-8-9-27(19)20(28)18-13-26(25-24-18)12-14-4-3-5-15(22)10-14;/h1-7,10,13,19,23H,8-9,11-12H2;1H. The Kier molecular flexibility index (Phi) is 6.84. The molecule has 6 nitrogen and oxygen atoms in total. The van der Waals surface area contributed by atoms with Gasteiger partial charge in [0, 0.05) is 24.7 Å². The number of rotatable bonds is 4. The fourth-order valence-corrected chi connectivity index (χ4v) is 3.68. The van der Waals surface area contributed by atoms with E-state index >= 15 is 0 Å². The van der Waals surface area contributed by atoms with Crippen molar-refractivity contribution >= 4 is 29.9 Å². The van der Waals surface area contributed by atoms with Crippen molar-refractivity contribution in [1.29, 1.82) is 0 Å². The van der Waals surface area contributed by atoms with Crippen molar-refractivity contribution < 1.29 is 9.18 Å². The van der Waals surface area contributed by atoms with E-state index in [1.54, 1.807) is 23.2 Å². The lowest BCUT2D eigenvalue weighted by molar-refractivity contribution is 0.0628. The van der Waals surface area contributed by atoms with E-state index in [0.717, 1.165) is 11.1 Å². The molecule has 0 radical (unpaired) electrons. The van der Waals surface area contributed by atoms with Gasteiger partial charge in [0.25, 0.3) is 5.91 Å². The van der Waals surface area contributed by atoms with Crippen molar-refractivity contribution in [2.75, 3.05) is 19.6 Å². The van der Waals surface area contributed by atoms with Crippen LogP contribution in [0.2, 0.25) is 5.02 Å². The van der Waals surface area contributed by atoms with Crippen LogP contribution < -0.4 is 5.32 Å². The summed E-state index contributed by atoms with van der Waals surface area (Å²) in [6.45, 7) is 2.20. The molecule has 0 saturated carbocycles. The van der Waals surface area contributed by atoms with E-state index in [-0.39, 0.29) is 35.9 Å². The van der Waals surface area contributed by atoms with Crippen molar-refractivity contribution in [2.24, 2.45) is 0 Å². The van der Waals surface area contributed by atoms with E-state index in [9.17, 15) is 9.18 Å². The molecule has 2 aromatic carbocycles. The predicted molar refractivity (Wildman–Crippen MR) is 111 cm³/mol. The van der Waals surface area contributed by atoms with Gasteiger partial charge in [-0.1, -0.05) is 47.1 Å². The van der Waals surface area contributed by atoms with Crippen LogP contribution in [0.4, 0.5) is 4.39 Å². The summed E-state index contributed by atoms with van der Waals surface area (Å²) >= 11 is 6.35. The molecule has 1 aromatic heterocycles. The monoisotopic (exact) mass is 435 g/mol. The van der Waals surface area contributed by atoms with Crippen LogP contribution in [0.3, 0.4) is 0 Å². The highest BCUT2D eigenvalue weighted by molar-refractivity contribution is 6.31. The van der Waals surface area contributed by atoms with Crippen LogP contribution in [0.25, 0.3) is 0 Å². The van der Waals surface area contributed by atoms with Gasteiger partial charge in [-0.05, 0) is 29.3 Å². The molecule has 1 aliphatic rings. The summed E-state index contributed by atoms with van der Waals surface area (Å²) in [6.07, 6.45) is 1.60. The van der Waals surface area contributed by atoms with Crippen LogP contribution in [0, 0.1) is 5.82 Å². The number of piperazine rings is 1. The highest BCUT2D eigenvalue weighted by Gasteiger charge is 2.31. The third-order valence-electron chi connectivity index (χ3n) is 4.76. The van der Waals surface area contributed by atoms with Gasteiger partial charge in [-0.15, -0.1) is 17.5 Å². The molecular weight excluding hydrogens is 416 g/mol. The summed E-state index contributed by atoms with van der Waals surface area (Å²) in [5.41, 5.74) is 1.91. The molecule has 0 aliphatic carbocycles. The van der Waals surface area contributed by atoms with Crippen LogP contribution in [0.15, 0.2) is 54.7 Å². The van der Waals surface area contributed by atoms with E-state index in [1.807, 2.05) is 24.3 Å². The Morgan fingerprint density at radius 1 is 1.24 bits per heavy atom. The van der Waals surface area contributed by atoms with E-state index in [1.165, 1.54) is 16.8 Å². The zero-order chi connectivity index (χ0) is 19.5. The SMILES string of the molecule is Cl.O=C(c1cn(Cc2cccc(F)c2)nn1)N1CCNCC1c1ccccc1Cl. The van der Waals surface area contributed by atoms with E-state index < -0.39 is 0 Å². The molecule has 2 heterocycles. The zero-order valence-electron chi connectivity index (χ0n) is 15.5. The lowest BCUT2D eigenvalue weighted by atomic mass is 10.0.